The van der Waals surface area contributed by atoms with Gasteiger partial charge >= 0.3 is 0 Å². The quantitative estimate of drug-likeness (QED) is 0.418. The average Bonchev–Trinajstić information content (AvgIpc) is 2.54. The number of thioether (sulfide) groups is 1. The first-order valence-electron chi connectivity index (χ1n) is 7.68. The zero-order valence-electron chi connectivity index (χ0n) is 12.9. The van der Waals surface area contributed by atoms with Crippen molar-refractivity contribution in [2.24, 2.45) is 0 Å². The van der Waals surface area contributed by atoms with Crippen molar-refractivity contribution >= 4 is 29.0 Å². The van der Waals surface area contributed by atoms with Gasteiger partial charge in [0, 0.05) is 11.3 Å². The summed E-state index contributed by atoms with van der Waals surface area (Å²) in [7, 11) is 0. The Labute approximate surface area is 140 Å². The lowest BCUT2D eigenvalue weighted by atomic mass is 10.2. The highest BCUT2D eigenvalue weighted by atomic mass is 32.2. The van der Waals surface area contributed by atoms with Crippen molar-refractivity contribution in [1.29, 1.82) is 0 Å². The van der Waals surface area contributed by atoms with Crippen LogP contribution >= 0.6 is 11.8 Å². The number of carbonyl (C=O) groups is 1. The lowest BCUT2D eigenvalue weighted by Gasteiger charge is -2.07. The fourth-order valence-corrected chi connectivity index (χ4v) is 3.02. The second-order valence-corrected chi connectivity index (χ2v) is 6.42. The summed E-state index contributed by atoms with van der Waals surface area (Å²) in [5.74, 6) is 0.757. The molecule has 2 aromatic rings. The van der Waals surface area contributed by atoms with E-state index in [9.17, 15) is 9.18 Å². The summed E-state index contributed by atoms with van der Waals surface area (Å²) in [6, 6.07) is 13.8. The van der Waals surface area contributed by atoms with Crippen LogP contribution in [0.15, 0.2) is 53.4 Å². The van der Waals surface area contributed by atoms with Gasteiger partial charge in [-0.25, -0.2) is 4.39 Å². The Kier molecular flexibility index (Phi) is 6.94. The minimum Gasteiger partial charge on any atom is -0.397 e. The monoisotopic (exact) mass is 332 g/mol. The van der Waals surface area contributed by atoms with Crippen LogP contribution in [0, 0.1) is 5.82 Å². The number of para-hydroxylation sites is 2. The maximum Gasteiger partial charge on any atom is 0.224 e. The first-order chi connectivity index (χ1) is 11.1. The third-order valence-corrected chi connectivity index (χ3v) is 4.46. The predicted molar refractivity (Wildman–Crippen MR) is 95.1 cm³/mol. The first kappa shape index (κ1) is 17.3. The summed E-state index contributed by atoms with van der Waals surface area (Å²) in [4.78, 5) is 12.9. The highest BCUT2D eigenvalue weighted by molar-refractivity contribution is 7.99. The lowest BCUT2D eigenvalue weighted by molar-refractivity contribution is -0.116. The molecule has 0 saturated carbocycles. The second-order valence-electron chi connectivity index (χ2n) is 5.25. The van der Waals surface area contributed by atoms with Gasteiger partial charge in [-0.15, -0.1) is 11.8 Å². The molecule has 0 heterocycles. The van der Waals surface area contributed by atoms with Gasteiger partial charge in [0.2, 0.25) is 5.91 Å². The Bertz CT molecular complexity index is 631. The van der Waals surface area contributed by atoms with Gasteiger partial charge in [-0.3, -0.25) is 4.79 Å². The van der Waals surface area contributed by atoms with E-state index in [0.29, 0.717) is 17.8 Å². The molecule has 23 heavy (non-hydrogen) atoms. The highest BCUT2D eigenvalue weighted by Crippen LogP contribution is 2.20. The van der Waals surface area contributed by atoms with E-state index in [-0.39, 0.29) is 11.7 Å². The Morgan fingerprint density at radius 3 is 2.52 bits per heavy atom. The van der Waals surface area contributed by atoms with Crippen LogP contribution in [0.3, 0.4) is 0 Å². The molecule has 5 heteroatoms. The molecule has 0 fully saturated rings. The van der Waals surface area contributed by atoms with Gasteiger partial charge < -0.3 is 11.1 Å². The molecule has 0 aliphatic heterocycles. The molecular formula is C18H21FN2OS. The van der Waals surface area contributed by atoms with E-state index in [0.717, 1.165) is 29.9 Å². The van der Waals surface area contributed by atoms with Crippen LogP contribution in [0.25, 0.3) is 0 Å². The van der Waals surface area contributed by atoms with E-state index in [2.05, 4.69) is 5.32 Å². The van der Waals surface area contributed by atoms with Crippen molar-refractivity contribution < 1.29 is 9.18 Å². The fraction of sp³-hybridized carbons (Fsp3) is 0.278. The molecule has 0 unspecified atom stereocenters. The summed E-state index contributed by atoms with van der Waals surface area (Å²) in [5, 5.41) is 2.83. The number of benzene rings is 2. The highest BCUT2D eigenvalue weighted by Gasteiger charge is 2.04. The van der Waals surface area contributed by atoms with Crippen molar-refractivity contribution in [2.75, 3.05) is 16.8 Å². The van der Waals surface area contributed by atoms with E-state index in [1.54, 1.807) is 36.0 Å². The van der Waals surface area contributed by atoms with Crippen molar-refractivity contribution in [3.05, 3.63) is 54.3 Å². The van der Waals surface area contributed by atoms with Gasteiger partial charge in [-0.1, -0.05) is 18.6 Å². The minimum atomic E-state index is -0.209. The molecule has 1 amide bonds. The third-order valence-electron chi connectivity index (χ3n) is 3.37. The van der Waals surface area contributed by atoms with Crippen LogP contribution in [0.5, 0.6) is 0 Å². The number of amides is 1. The van der Waals surface area contributed by atoms with Crippen LogP contribution < -0.4 is 11.1 Å². The van der Waals surface area contributed by atoms with E-state index in [1.807, 2.05) is 12.1 Å². The Morgan fingerprint density at radius 2 is 1.78 bits per heavy atom. The molecule has 0 radical (unpaired) electrons. The summed E-state index contributed by atoms with van der Waals surface area (Å²) < 4.78 is 12.8. The molecule has 0 bridgehead atoms. The standard InChI is InChI=1S/C18H21FN2OS/c19-14-9-11-15(12-10-14)23-13-5-1-2-8-18(22)21-17-7-4-3-6-16(17)20/h3-4,6-7,9-12H,1-2,5,8,13,20H2,(H,21,22). The number of carbonyl (C=O) groups excluding carboxylic acids is 1. The smallest absolute Gasteiger partial charge is 0.224 e. The molecule has 0 atom stereocenters. The molecule has 0 aliphatic rings. The molecule has 0 aliphatic carbocycles. The first-order valence-corrected chi connectivity index (χ1v) is 8.66. The molecule has 2 rings (SSSR count). The number of nitrogens with two attached hydrogens (primary N) is 1. The number of anilines is 2. The van der Waals surface area contributed by atoms with Gasteiger partial charge in [0.05, 0.1) is 11.4 Å². The predicted octanol–water partition coefficient (Wildman–Crippen LogP) is 4.70. The average molecular weight is 332 g/mol. The lowest BCUT2D eigenvalue weighted by Crippen LogP contribution is -2.12. The molecule has 0 spiro atoms. The van der Waals surface area contributed by atoms with Crippen molar-refractivity contribution in [2.45, 2.75) is 30.6 Å². The molecule has 3 nitrogen and oxygen atoms in total. The van der Waals surface area contributed by atoms with Crippen LogP contribution in [0.4, 0.5) is 15.8 Å². The molecule has 3 N–H and O–H groups in total. The van der Waals surface area contributed by atoms with Gasteiger partial charge in [0.1, 0.15) is 5.82 Å². The number of halogens is 1. The van der Waals surface area contributed by atoms with E-state index < -0.39 is 0 Å². The molecule has 0 aromatic heterocycles. The van der Waals surface area contributed by atoms with E-state index in [1.165, 1.54) is 12.1 Å². The Morgan fingerprint density at radius 1 is 1.04 bits per heavy atom. The fourth-order valence-electron chi connectivity index (χ4n) is 2.11. The molecule has 122 valence electrons. The number of unbranched alkanes of at least 4 members (excludes halogenated alkanes) is 2. The molecular weight excluding hydrogens is 311 g/mol. The third kappa shape index (κ3) is 6.32. The maximum atomic E-state index is 12.8. The van der Waals surface area contributed by atoms with Crippen LogP contribution in [-0.2, 0) is 4.79 Å². The summed E-state index contributed by atoms with van der Waals surface area (Å²) in [6.07, 6.45) is 3.37. The van der Waals surface area contributed by atoms with Gasteiger partial charge in [-0.2, -0.15) is 0 Å². The Hall–Kier alpha value is -2.01. The summed E-state index contributed by atoms with van der Waals surface area (Å²) in [6.45, 7) is 0. The van der Waals surface area contributed by atoms with Crippen LogP contribution in [-0.4, -0.2) is 11.7 Å². The van der Waals surface area contributed by atoms with E-state index in [4.69, 9.17) is 5.73 Å². The van der Waals surface area contributed by atoms with E-state index >= 15 is 0 Å². The largest absolute Gasteiger partial charge is 0.397 e. The SMILES string of the molecule is Nc1ccccc1NC(=O)CCCCCSc1ccc(F)cc1. The normalized spacial score (nSPS) is 10.5. The van der Waals surface area contributed by atoms with Gasteiger partial charge in [-0.05, 0) is 55.0 Å². The maximum absolute atomic E-state index is 12.8. The van der Waals surface area contributed by atoms with Crippen molar-refractivity contribution in [3.63, 3.8) is 0 Å². The summed E-state index contributed by atoms with van der Waals surface area (Å²) in [5.41, 5.74) is 7.04. The number of rotatable bonds is 8. The van der Waals surface area contributed by atoms with Gasteiger partial charge in [0.15, 0.2) is 0 Å². The van der Waals surface area contributed by atoms with Crippen LogP contribution in [0.2, 0.25) is 0 Å². The summed E-state index contributed by atoms with van der Waals surface area (Å²) >= 11 is 1.71. The topological polar surface area (TPSA) is 55.1 Å². The Balaban J connectivity index is 1.57. The molecule has 2 aromatic carbocycles. The van der Waals surface area contributed by atoms with Crippen molar-refractivity contribution in [3.8, 4) is 0 Å². The zero-order chi connectivity index (χ0) is 16.5. The number of hydrogen-bond donors (Lipinski definition) is 2. The number of nitrogen functional groups attached to an aromatic ring is 1. The second kappa shape index (κ2) is 9.20. The van der Waals surface area contributed by atoms with Crippen LogP contribution in [0.1, 0.15) is 25.7 Å². The number of hydrogen-bond acceptors (Lipinski definition) is 3. The molecule has 0 saturated heterocycles. The van der Waals surface area contributed by atoms with Crippen molar-refractivity contribution in [1.82, 2.24) is 0 Å². The minimum absolute atomic E-state index is 0.00547. The number of nitrogens with one attached hydrogen (secondary N) is 1. The zero-order valence-corrected chi connectivity index (χ0v) is 13.7. The van der Waals surface area contributed by atoms with Gasteiger partial charge in [0.25, 0.3) is 0 Å².